The lowest BCUT2D eigenvalue weighted by Crippen LogP contribution is -2.28. The second-order valence-electron chi connectivity index (χ2n) is 2.31. The van der Waals surface area contributed by atoms with Gasteiger partial charge in [0.05, 0.1) is 6.61 Å². The first kappa shape index (κ1) is 8.92. The Kier molecular flexibility index (Phi) is 5.99. The van der Waals surface area contributed by atoms with Gasteiger partial charge < -0.3 is 10.4 Å². The molecule has 1 atom stereocenters. The Hall–Kier alpha value is -0.0800. The molecule has 0 aromatic carbocycles. The molecule has 0 aliphatic rings. The van der Waals surface area contributed by atoms with Crippen LogP contribution in [0.3, 0.4) is 0 Å². The standard InChI is InChI=1S/C7H17NO/c1-3-4-5-7(6-9)8-2/h7-9H,3-6H2,1-2H3/t7-/m0/s1. The molecule has 2 nitrogen and oxygen atoms in total. The lowest BCUT2D eigenvalue weighted by Gasteiger charge is -2.10. The van der Waals surface area contributed by atoms with E-state index in [1.165, 1.54) is 12.8 Å². The van der Waals surface area contributed by atoms with Crippen LogP contribution in [0.1, 0.15) is 26.2 Å². The van der Waals surface area contributed by atoms with Crippen molar-refractivity contribution in [2.24, 2.45) is 0 Å². The van der Waals surface area contributed by atoms with Crippen LogP contribution in [0.4, 0.5) is 0 Å². The Balaban J connectivity index is 3.09. The zero-order valence-corrected chi connectivity index (χ0v) is 6.35. The van der Waals surface area contributed by atoms with Gasteiger partial charge in [-0.15, -0.1) is 0 Å². The maximum atomic E-state index is 8.69. The van der Waals surface area contributed by atoms with Crippen molar-refractivity contribution in [1.82, 2.24) is 5.32 Å². The Labute approximate surface area is 57.3 Å². The van der Waals surface area contributed by atoms with E-state index in [0.29, 0.717) is 6.04 Å². The highest BCUT2D eigenvalue weighted by atomic mass is 16.3. The highest BCUT2D eigenvalue weighted by Gasteiger charge is 2.00. The topological polar surface area (TPSA) is 32.3 Å². The van der Waals surface area contributed by atoms with E-state index in [2.05, 4.69) is 12.2 Å². The number of hydrogen-bond acceptors (Lipinski definition) is 2. The van der Waals surface area contributed by atoms with Gasteiger partial charge in [0.1, 0.15) is 0 Å². The molecule has 0 aromatic rings. The predicted molar refractivity (Wildman–Crippen MR) is 39.5 cm³/mol. The molecule has 0 aliphatic heterocycles. The van der Waals surface area contributed by atoms with Gasteiger partial charge in [0, 0.05) is 6.04 Å². The summed E-state index contributed by atoms with van der Waals surface area (Å²) < 4.78 is 0. The maximum absolute atomic E-state index is 8.69. The summed E-state index contributed by atoms with van der Waals surface area (Å²) in [5.74, 6) is 0. The molecule has 0 aromatic heterocycles. The van der Waals surface area contributed by atoms with Crippen molar-refractivity contribution in [3.05, 3.63) is 0 Å². The molecule has 2 N–H and O–H groups in total. The lowest BCUT2D eigenvalue weighted by molar-refractivity contribution is 0.240. The van der Waals surface area contributed by atoms with Gasteiger partial charge in [0.2, 0.25) is 0 Å². The lowest BCUT2D eigenvalue weighted by atomic mass is 10.1. The number of hydrogen-bond donors (Lipinski definition) is 2. The Morgan fingerprint density at radius 1 is 1.56 bits per heavy atom. The molecule has 9 heavy (non-hydrogen) atoms. The molecule has 0 aliphatic carbocycles. The number of aliphatic hydroxyl groups excluding tert-OH is 1. The van der Waals surface area contributed by atoms with Crippen LogP contribution in [0.15, 0.2) is 0 Å². The second kappa shape index (κ2) is 6.05. The molecule has 0 rings (SSSR count). The van der Waals surface area contributed by atoms with Crippen LogP contribution in [-0.2, 0) is 0 Å². The average Bonchev–Trinajstić information content (AvgIpc) is 1.91. The molecular weight excluding hydrogens is 114 g/mol. The van der Waals surface area contributed by atoms with Crippen molar-refractivity contribution in [3.8, 4) is 0 Å². The maximum Gasteiger partial charge on any atom is 0.0584 e. The van der Waals surface area contributed by atoms with E-state index < -0.39 is 0 Å². The molecule has 0 bridgehead atoms. The predicted octanol–water partition coefficient (Wildman–Crippen LogP) is 0.757. The van der Waals surface area contributed by atoms with Crippen LogP contribution in [0.2, 0.25) is 0 Å². The summed E-state index contributed by atoms with van der Waals surface area (Å²) in [6.07, 6.45) is 3.49. The summed E-state index contributed by atoms with van der Waals surface area (Å²) in [6.45, 7) is 2.42. The minimum Gasteiger partial charge on any atom is -0.395 e. The molecule has 0 heterocycles. The van der Waals surface area contributed by atoms with Crippen LogP contribution in [0.5, 0.6) is 0 Å². The fraction of sp³-hybridized carbons (Fsp3) is 1.00. The number of nitrogens with one attached hydrogen (secondary N) is 1. The number of likely N-dealkylation sites (N-methyl/N-ethyl adjacent to an activating group) is 1. The summed E-state index contributed by atoms with van der Waals surface area (Å²) in [7, 11) is 1.89. The summed E-state index contributed by atoms with van der Waals surface area (Å²) in [6, 6.07) is 0.310. The van der Waals surface area contributed by atoms with E-state index in [1.807, 2.05) is 7.05 Å². The van der Waals surface area contributed by atoms with E-state index in [-0.39, 0.29) is 6.61 Å². The Morgan fingerprint density at radius 3 is 2.56 bits per heavy atom. The molecule has 56 valence electrons. The van der Waals surface area contributed by atoms with Gasteiger partial charge >= 0.3 is 0 Å². The van der Waals surface area contributed by atoms with E-state index in [4.69, 9.17) is 5.11 Å². The van der Waals surface area contributed by atoms with Gasteiger partial charge in [-0.25, -0.2) is 0 Å². The highest BCUT2D eigenvalue weighted by molar-refractivity contribution is 4.60. The van der Waals surface area contributed by atoms with Crippen LogP contribution >= 0.6 is 0 Å². The minimum atomic E-state index is 0.260. The van der Waals surface area contributed by atoms with Gasteiger partial charge in [0.25, 0.3) is 0 Å². The first-order valence-electron chi connectivity index (χ1n) is 3.63. The van der Waals surface area contributed by atoms with Crippen molar-refractivity contribution < 1.29 is 5.11 Å². The molecule has 0 spiro atoms. The first-order valence-corrected chi connectivity index (χ1v) is 3.63. The van der Waals surface area contributed by atoms with E-state index in [0.717, 1.165) is 6.42 Å². The molecule has 0 unspecified atom stereocenters. The van der Waals surface area contributed by atoms with Gasteiger partial charge in [0.15, 0.2) is 0 Å². The van der Waals surface area contributed by atoms with E-state index in [9.17, 15) is 0 Å². The molecule has 0 saturated heterocycles. The number of rotatable bonds is 5. The van der Waals surface area contributed by atoms with E-state index >= 15 is 0 Å². The third-order valence-electron chi connectivity index (χ3n) is 1.53. The molecule has 0 fully saturated rings. The van der Waals surface area contributed by atoms with Crippen LogP contribution in [0, 0.1) is 0 Å². The SMILES string of the molecule is CCCC[C@@H](CO)NC. The van der Waals surface area contributed by atoms with Gasteiger partial charge in [-0.2, -0.15) is 0 Å². The van der Waals surface area contributed by atoms with Crippen molar-refractivity contribution in [1.29, 1.82) is 0 Å². The molecule has 0 saturated carbocycles. The minimum absolute atomic E-state index is 0.260. The molecule has 0 amide bonds. The van der Waals surface area contributed by atoms with Crippen molar-refractivity contribution in [3.63, 3.8) is 0 Å². The van der Waals surface area contributed by atoms with Gasteiger partial charge in [-0.05, 0) is 13.5 Å². The van der Waals surface area contributed by atoms with Crippen LogP contribution in [0.25, 0.3) is 0 Å². The zero-order chi connectivity index (χ0) is 7.11. The summed E-state index contributed by atoms with van der Waals surface area (Å²) in [5.41, 5.74) is 0. The average molecular weight is 131 g/mol. The van der Waals surface area contributed by atoms with Crippen molar-refractivity contribution >= 4 is 0 Å². The number of aliphatic hydroxyl groups is 1. The third-order valence-corrected chi connectivity index (χ3v) is 1.53. The van der Waals surface area contributed by atoms with Crippen molar-refractivity contribution in [2.45, 2.75) is 32.2 Å². The van der Waals surface area contributed by atoms with E-state index in [1.54, 1.807) is 0 Å². The molecule has 0 radical (unpaired) electrons. The molecule has 2 heteroatoms. The highest BCUT2D eigenvalue weighted by Crippen LogP contribution is 1.98. The van der Waals surface area contributed by atoms with Crippen molar-refractivity contribution in [2.75, 3.05) is 13.7 Å². The second-order valence-corrected chi connectivity index (χ2v) is 2.31. The normalized spacial score (nSPS) is 13.7. The Bertz CT molecular complexity index is 52.9. The smallest absolute Gasteiger partial charge is 0.0584 e. The van der Waals surface area contributed by atoms with Crippen LogP contribution < -0.4 is 5.32 Å². The van der Waals surface area contributed by atoms with Gasteiger partial charge in [-0.3, -0.25) is 0 Å². The fourth-order valence-electron chi connectivity index (χ4n) is 0.777. The molecular formula is C7H17NO. The van der Waals surface area contributed by atoms with Gasteiger partial charge in [-0.1, -0.05) is 19.8 Å². The van der Waals surface area contributed by atoms with Crippen LogP contribution in [-0.4, -0.2) is 24.8 Å². The number of unbranched alkanes of at least 4 members (excludes halogenated alkanes) is 1. The monoisotopic (exact) mass is 131 g/mol. The first-order chi connectivity index (χ1) is 4.35. The Morgan fingerprint density at radius 2 is 2.22 bits per heavy atom. The summed E-state index contributed by atoms with van der Waals surface area (Å²) in [4.78, 5) is 0. The third kappa shape index (κ3) is 4.43. The fourth-order valence-corrected chi connectivity index (χ4v) is 0.777. The summed E-state index contributed by atoms with van der Waals surface area (Å²) >= 11 is 0. The zero-order valence-electron chi connectivity index (χ0n) is 6.35. The quantitative estimate of drug-likeness (QED) is 0.577. The summed E-state index contributed by atoms with van der Waals surface area (Å²) in [5, 5.41) is 11.7. The largest absolute Gasteiger partial charge is 0.395 e.